The summed E-state index contributed by atoms with van der Waals surface area (Å²) in [6.45, 7) is 1.83. The molecule has 0 saturated heterocycles. The summed E-state index contributed by atoms with van der Waals surface area (Å²) in [6.07, 6.45) is 0. The van der Waals surface area contributed by atoms with Crippen molar-refractivity contribution in [3.8, 4) is 11.5 Å². The van der Waals surface area contributed by atoms with E-state index in [4.69, 9.17) is 4.52 Å². The molecule has 100 valence electrons. The van der Waals surface area contributed by atoms with Crippen LogP contribution in [0.3, 0.4) is 0 Å². The molecule has 0 aliphatic rings. The molecule has 0 spiro atoms. The molecule has 20 heavy (non-hydrogen) atoms. The van der Waals surface area contributed by atoms with Crippen molar-refractivity contribution in [2.75, 3.05) is 0 Å². The molecule has 2 aromatic carbocycles. The number of thioether (sulfide) groups is 1. The number of aromatic nitrogens is 2. The molecule has 0 aliphatic heterocycles. The lowest BCUT2D eigenvalue weighted by Crippen LogP contribution is -1.85. The van der Waals surface area contributed by atoms with Crippen LogP contribution in [-0.2, 0) is 5.75 Å². The summed E-state index contributed by atoms with van der Waals surface area (Å²) >= 11 is 1.78. The highest BCUT2D eigenvalue weighted by molar-refractivity contribution is 7.98. The third-order valence-corrected chi connectivity index (χ3v) is 4.03. The number of hydrogen-bond acceptors (Lipinski definition) is 4. The van der Waals surface area contributed by atoms with Gasteiger partial charge in [-0.2, -0.15) is 4.98 Å². The van der Waals surface area contributed by atoms with Gasteiger partial charge in [0, 0.05) is 10.6 Å². The molecule has 1 heterocycles. The van der Waals surface area contributed by atoms with Crippen molar-refractivity contribution in [3.05, 3.63) is 66.0 Å². The quantitative estimate of drug-likeness (QED) is 0.667. The van der Waals surface area contributed by atoms with E-state index in [9.17, 15) is 0 Å². The van der Waals surface area contributed by atoms with Gasteiger partial charge in [-0.05, 0) is 24.6 Å². The average molecular weight is 282 g/mol. The molecule has 4 heteroatoms. The van der Waals surface area contributed by atoms with Crippen molar-refractivity contribution in [1.29, 1.82) is 0 Å². The molecule has 0 radical (unpaired) electrons. The third-order valence-electron chi connectivity index (χ3n) is 2.88. The molecule has 3 rings (SSSR count). The molecule has 3 aromatic rings. The fourth-order valence-corrected chi connectivity index (χ4v) is 2.91. The Morgan fingerprint density at radius 3 is 2.50 bits per heavy atom. The predicted octanol–water partition coefficient (Wildman–Crippen LogP) is 4.34. The van der Waals surface area contributed by atoms with Crippen LogP contribution < -0.4 is 0 Å². The predicted molar refractivity (Wildman–Crippen MR) is 80.5 cm³/mol. The molecular weight excluding hydrogens is 268 g/mol. The highest BCUT2D eigenvalue weighted by Crippen LogP contribution is 2.32. The SMILES string of the molecule is Cc1noc(-c2ccccc2SCc2ccccc2)n1. The number of aryl methyl sites for hydroxylation is 1. The normalized spacial score (nSPS) is 10.7. The third kappa shape index (κ3) is 2.91. The molecule has 0 amide bonds. The zero-order valence-electron chi connectivity index (χ0n) is 11.1. The van der Waals surface area contributed by atoms with Gasteiger partial charge in [0.05, 0.1) is 5.56 Å². The minimum absolute atomic E-state index is 0.582. The van der Waals surface area contributed by atoms with E-state index in [1.807, 2.05) is 31.2 Å². The molecule has 0 N–H and O–H groups in total. The molecule has 0 saturated carbocycles. The molecule has 3 nitrogen and oxygen atoms in total. The molecule has 0 unspecified atom stereocenters. The van der Waals surface area contributed by atoms with Gasteiger partial charge >= 0.3 is 0 Å². The van der Waals surface area contributed by atoms with Crippen molar-refractivity contribution in [3.63, 3.8) is 0 Å². The summed E-state index contributed by atoms with van der Waals surface area (Å²) in [7, 11) is 0. The molecule has 0 atom stereocenters. The van der Waals surface area contributed by atoms with Gasteiger partial charge in [0.25, 0.3) is 5.89 Å². The van der Waals surface area contributed by atoms with Crippen LogP contribution in [0.2, 0.25) is 0 Å². The first-order chi connectivity index (χ1) is 9.83. The van der Waals surface area contributed by atoms with Crippen LogP contribution in [0.4, 0.5) is 0 Å². The Morgan fingerprint density at radius 1 is 1.00 bits per heavy atom. The minimum atomic E-state index is 0.582. The summed E-state index contributed by atoms with van der Waals surface area (Å²) in [5.41, 5.74) is 2.29. The van der Waals surface area contributed by atoms with E-state index in [0.29, 0.717) is 11.7 Å². The largest absolute Gasteiger partial charge is 0.334 e. The van der Waals surface area contributed by atoms with Crippen molar-refractivity contribution >= 4 is 11.8 Å². The van der Waals surface area contributed by atoms with Crippen LogP contribution in [0, 0.1) is 6.92 Å². The van der Waals surface area contributed by atoms with Crippen molar-refractivity contribution in [2.45, 2.75) is 17.6 Å². The fourth-order valence-electron chi connectivity index (χ4n) is 1.91. The number of hydrogen-bond donors (Lipinski definition) is 0. The van der Waals surface area contributed by atoms with Crippen molar-refractivity contribution < 1.29 is 4.52 Å². The number of nitrogens with zero attached hydrogens (tertiary/aromatic N) is 2. The van der Waals surface area contributed by atoms with Crippen LogP contribution in [0.25, 0.3) is 11.5 Å². The first-order valence-corrected chi connectivity index (χ1v) is 7.38. The monoisotopic (exact) mass is 282 g/mol. The summed E-state index contributed by atoms with van der Waals surface area (Å²) in [5.74, 6) is 2.16. The first kappa shape index (κ1) is 12.9. The molecule has 0 aliphatic carbocycles. The van der Waals surface area contributed by atoms with Gasteiger partial charge < -0.3 is 4.52 Å². The van der Waals surface area contributed by atoms with E-state index in [0.717, 1.165) is 16.2 Å². The van der Waals surface area contributed by atoms with E-state index in [1.54, 1.807) is 11.8 Å². The van der Waals surface area contributed by atoms with Crippen LogP contribution in [0.1, 0.15) is 11.4 Å². The lowest BCUT2D eigenvalue weighted by atomic mass is 10.2. The summed E-state index contributed by atoms with van der Waals surface area (Å²) in [5, 5.41) is 3.86. The fraction of sp³-hybridized carbons (Fsp3) is 0.125. The molecule has 0 fully saturated rings. The highest BCUT2D eigenvalue weighted by Gasteiger charge is 2.11. The second-order valence-electron chi connectivity index (χ2n) is 4.42. The minimum Gasteiger partial charge on any atom is -0.334 e. The highest BCUT2D eigenvalue weighted by atomic mass is 32.2. The standard InChI is InChI=1S/C16H14N2OS/c1-12-17-16(19-18-12)14-9-5-6-10-15(14)20-11-13-7-3-2-4-8-13/h2-10H,11H2,1H3. The summed E-state index contributed by atoms with van der Waals surface area (Å²) in [4.78, 5) is 5.46. The van der Waals surface area contributed by atoms with Gasteiger partial charge in [-0.3, -0.25) is 0 Å². The Kier molecular flexibility index (Phi) is 3.83. The van der Waals surface area contributed by atoms with Gasteiger partial charge in [0.2, 0.25) is 0 Å². The zero-order chi connectivity index (χ0) is 13.8. The molecule has 1 aromatic heterocycles. The van der Waals surface area contributed by atoms with Crippen molar-refractivity contribution in [2.24, 2.45) is 0 Å². The maximum absolute atomic E-state index is 5.27. The summed E-state index contributed by atoms with van der Waals surface area (Å²) in [6, 6.07) is 18.5. The van der Waals surface area contributed by atoms with Gasteiger partial charge in [-0.15, -0.1) is 11.8 Å². The Hall–Kier alpha value is -2.07. The van der Waals surface area contributed by atoms with Gasteiger partial charge in [0.1, 0.15) is 0 Å². The molecular formula is C16H14N2OS. The van der Waals surface area contributed by atoms with Crippen LogP contribution in [0.5, 0.6) is 0 Å². The topological polar surface area (TPSA) is 38.9 Å². The van der Waals surface area contributed by atoms with Crippen LogP contribution in [-0.4, -0.2) is 10.1 Å². The van der Waals surface area contributed by atoms with E-state index in [-0.39, 0.29) is 0 Å². The van der Waals surface area contributed by atoms with Gasteiger partial charge in [-0.1, -0.05) is 47.6 Å². The Morgan fingerprint density at radius 2 is 1.75 bits per heavy atom. The van der Waals surface area contributed by atoms with Gasteiger partial charge in [0.15, 0.2) is 5.82 Å². The first-order valence-electron chi connectivity index (χ1n) is 6.39. The lowest BCUT2D eigenvalue weighted by Gasteiger charge is -2.05. The second kappa shape index (κ2) is 5.92. The Labute approximate surface area is 122 Å². The van der Waals surface area contributed by atoms with E-state index >= 15 is 0 Å². The number of benzene rings is 2. The zero-order valence-corrected chi connectivity index (χ0v) is 11.9. The Balaban J connectivity index is 1.83. The summed E-state index contributed by atoms with van der Waals surface area (Å²) < 4.78 is 5.27. The maximum Gasteiger partial charge on any atom is 0.259 e. The number of rotatable bonds is 4. The maximum atomic E-state index is 5.27. The van der Waals surface area contributed by atoms with Crippen LogP contribution in [0.15, 0.2) is 64.0 Å². The van der Waals surface area contributed by atoms with E-state index in [2.05, 4.69) is 40.5 Å². The second-order valence-corrected chi connectivity index (χ2v) is 5.43. The van der Waals surface area contributed by atoms with E-state index in [1.165, 1.54) is 5.56 Å². The molecule has 0 bridgehead atoms. The van der Waals surface area contributed by atoms with Crippen LogP contribution >= 0.6 is 11.8 Å². The smallest absolute Gasteiger partial charge is 0.259 e. The lowest BCUT2D eigenvalue weighted by molar-refractivity contribution is 0.425. The van der Waals surface area contributed by atoms with Crippen molar-refractivity contribution in [1.82, 2.24) is 10.1 Å². The van der Waals surface area contributed by atoms with E-state index < -0.39 is 0 Å². The Bertz CT molecular complexity index is 694. The average Bonchev–Trinajstić information content (AvgIpc) is 2.93. The van der Waals surface area contributed by atoms with Gasteiger partial charge in [-0.25, -0.2) is 0 Å².